The molecule has 0 aromatic carbocycles. The Hall–Kier alpha value is -0.890. The van der Waals surface area contributed by atoms with Crippen LogP contribution in [0.5, 0.6) is 0 Å². The van der Waals surface area contributed by atoms with Crippen molar-refractivity contribution in [2.24, 2.45) is 0 Å². The Labute approximate surface area is 113 Å². The first-order chi connectivity index (χ1) is 8.49. The Morgan fingerprint density at radius 2 is 2.00 bits per heavy atom. The van der Waals surface area contributed by atoms with Crippen molar-refractivity contribution >= 4 is 16.1 Å². The highest BCUT2D eigenvalue weighted by Gasteiger charge is 2.34. The van der Waals surface area contributed by atoms with Gasteiger partial charge in [-0.3, -0.25) is 0 Å². The minimum Gasteiger partial charge on any atom is -0.444 e. The average molecular weight is 296 g/mol. The summed E-state index contributed by atoms with van der Waals surface area (Å²) in [6.07, 6.45) is -0.849. The first kappa shape index (κ1) is 16.2. The molecule has 1 fully saturated rings. The molecular weight excluding hydrogens is 275 g/mol. The number of hydrogen-bond acceptors (Lipinski definition) is 4. The van der Waals surface area contributed by atoms with Gasteiger partial charge in [-0.25, -0.2) is 17.6 Å². The van der Waals surface area contributed by atoms with E-state index in [2.05, 4.69) is 5.32 Å². The molecule has 1 saturated heterocycles. The molecule has 1 aliphatic heterocycles. The van der Waals surface area contributed by atoms with E-state index in [0.717, 1.165) is 10.6 Å². The van der Waals surface area contributed by atoms with Gasteiger partial charge in [0.25, 0.3) is 0 Å². The molecule has 6 nitrogen and oxygen atoms in total. The van der Waals surface area contributed by atoms with Crippen LogP contribution in [0.15, 0.2) is 0 Å². The van der Waals surface area contributed by atoms with Crippen molar-refractivity contribution in [2.45, 2.75) is 45.0 Å². The van der Waals surface area contributed by atoms with E-state index < -0.39 is 33.9 Å². The van der Waals surface area contributed by atoms with Gasteiger partial charge in [-0.05, 0) is 27.2 Å². The van der Waals surface area contributed by atoms with E-state index in [-0.39, 0.29) is 19.5 Å². The zero-order chi connectivity index (χ0) is 14.8. The Balaban J connectivity index is 2.53. The van der Waals surface area contributed by atoms with Gasteiger partial charge >= 0.3 is 6.09 Å². The quantitative estimate of drug-likeness (QED) is 0.821. The molecule has 19 heavy (non-hydrogen) atoms. The highest BCUT2D eigenvalue weighted by atomic mass is 32.2. The standard InChI is InChI=1S/C11H21FN2O4S/c1-11(2,3)18-10(15)13-9-5-6-14(7-8(9)12)19(4,16)17/h8-9H,5-7H2,1-4H3,(H,13,15)/t8-,9+/m1/s1. The number of amides is 1. The number of hydrogen-bond donors (Lipinski definition) is 1. The van der Waals surface area contributed by atoms with Gasteiger partial charge in [-0.1, -0.05) is 0 Å². The zero-order valence-corrected chi connectivity index (χ0v) is 12.5. The summed E-state index contributed by atoms with van der Waals surface area (Å²) in [6, 6.07) is -0.715. The van der Waals surface area contributed by atoms with E-state index in [4.69, 9.17) is 4.74 Å². The van der Waals surface area contributed by atoms with Crippen LogP contribution in [0.25, 0.3) is 0 Å². The van der Waals surface area contributed by atoms with Crippen LogP contribution >= 0.6 is 0 Å². The third-order valence-electron chi connectivity index (χ3n) is 2.68. The van der Waals surface area contributed by atoms with Gasteiger partial charge in [-0.15, -0.1) is 0 Å². The lowest BCUT2D eigenvalue weighted by atomic mass is 10.1. The van der Waals surface area contributed by atoms with Crippen LogP contribution in [0.4, 0.5) is 9.18 Å². The van der Waals surface area contributed by atoms with Gasteiger partial charge in [0.2, 0.25) is 10.0 Å². The fraction of sp³-hybridized carbons (Fsp3) is 0.909. The maximum Gasteiger partial charge on any atom is 0.407 e. The molecule has 0 unspecified atom stereocenters. The first-order valence-corrected chi connectivity index (χ1v) is 7.92. The first-order valence-electron chi connectivity index (χ1n) is 6.08. The SMILES string of the molecule is CC(C)(C)OC(=O)N[C@H]1CCN(S(C)(=O)=O)C[C@H]1F. The molecule has 0 aromatic rings. The molecule has 8 heteroatoms. The molecule has 1 N–H and O–H groups in total. The largest absolute Gasteiger partial charge is 0.444 e. The molecule has 0 saturated carbocycles. The number of rotatable bonds is 2. The molecule has 0 aliphatic carbocycles. The summed E-state index contributed by atoms with van der Waals surface area (Å²) in [7, 11) is -3.39. The summed E-state index contributed by atoms with van der Waals surface area (Å²) < 4.78 is 42.5. The fourth-order valence-electron chi connectivity index (χ4n) is 1.80. The van der Waals surface area contributed by atoms with Gasteiger partial charge in [0.05, 0.1) is 12.3 Å². The van der Waals surface area contributed by atoms with Gasteiger partial charge in [0.1, 0.15) is 11.8 Å². The topological polar surface area (TPSA) is 75.7 Å². The summed E-state index contributed by atoms with van der Waals surface area (Å²) >= 11 is 0. The summed E-state index contributed by atoms with van der Waals surface area (Å²) in [5, 5.41) is 2.44. The van der Waals surface area contributed by atoms with Crippen LogP contribution in [0.2, 0.25) is 0 Å². The van der Waals surface area contributed by atoms with Gasteiger partial charge in [-0.2, -0.15) is 4.31 Å². The predicted molar refractivity (Wildman–Crippen MR) is 69.1 cm³/mol. The van der Waals surface area contributed by atoms with E-state index in [1.54, 1.807) is 20.8 Å². The number of carbonyl (C=O) groups is 1. The van der Waals surface area contributed by atoms with E-state index in [0.29, 0.717) is 0 Å². The number of alkyl halides is 1. The van der Waals surface area contributed by atoms with Crippen molar-refractivity contribution in [3.8, 4) is 0 Å². The molecule has 0 radical (unpaired) electrons. The molecule has 0 spiro atoms. The number of ether oxygens (including phenoxy) is 1. The van der Waals surface area contributed by atoms with Crippen molar-refractivity contribution in [3.05, 3.63) is 0 Å². The molecule has 1 heterocycles. The maximum atomic E-state index is 13.8. The second kappa shape index (κ2) is 5.62. The predicted octanol–water partition coefficient (Wildman–Crippen LogP) is 0.883. The normalized spacial score (nSPS) is 25.9. The number of nitrogens with zero attached hydrogens (tertiary/aromatic N) is 1. The molecular formula is C11H21FN2O4S. The number of piperidine rings is 1. The van der Waals surface area contributed by atoms with Crippen LogP contribution in [0, 0.1) is 0 Å². The number of sulfonamides is 1. The highest BCUT2D eigenvalue weighted by Crippen LogP contribution is 2.17. The van der Waals surface area contributed by atoms with Crippen molar-refractivity contribution in [1.29, 1.82) is 0 Å². The Kier molecular flexibility index (Phi) is 4.78. The lowest BCUT2D eigenvalue weighted by Crippen LogP contribution is -2.54. The number of carbonyl (C=O) groups excluding carboxylic acids is 1. The summed E-state index contributed by atoms with van der Waals surface area (Å²) in [5.41, 5.74) is -0.649. The number of alkyl carbamates (subject to hydrolysis) is 1. The Morgan fingerprint density at radius 3 is 2.42 bits per heavy atom. The van der Waals surface area contributed by atoms with Gasteiger partial charge in [0, 0.05) is 13.1 Å². The molecule has 1 aliphatic rings. The molecule has 2 atom stereocenters. The zero-order valence-electron chi connectivity index (χ0n) is 11.6. The van der Waals surface area contributed by atoms with E-state index in [9.17, 15) is 17.6 Å². The van der Waals surface area contributed by atoms with Crippen molar-refractivity contribution in [1.82, 2.24) is 9.62 Å². The van der Waals surface area contributed by atoms with Gasteiger partial charge < -0.3 is 10.1 Å². The molecule has 112 valence electrons. The van der Waals surface area contributed by atoms with Crippen LogP contribution in [-0.2, 0) is 14.8 Å². The lowest BCUT2D eigenvalue weighted by molar-refractivity contribution is 0.0438. The molecule has 0 aromatic heterocycles. The average Bonchev–Trinajstić information content (AvgIpc) is 2.16. The van der Waals surface area contributed by atoms with Gasteiger partial charge in [0.15, 0.2) is 0 Å². The number of halogens is 1. The van der Waals surface area contributed by atoms with Crippen molar-refractivity contribution in [2.75, 3.05) is 19.3 Å². The van der Waals surface area contributed by atoms with E-state index in [1.807, 2.05) is 0 Å². The van der Waals surface area contributed by atoms with Crippen molar-refractivity contribution in [3.63, 3.8) is 0 Å². The Morgan fingerprint density at radius 1 is 1.42 bits per heavy atom. The van der Waals surface area contributed by atoms with Crippen molar-refractivity contribution < 1.29 is 22.3 Å². The van der Waals surface area contributed by atoms with Crippen LogP contribution < -0.4 is 5.32 Å². The van der Waals surface area contributed by atoms with Crippen LogP contribution in [-0.4, -0.2) is 56.0 Å². The highest BCUT2D eigenvalue weighted by molar-refractivity contribution is 7.88. The minimum atomic E-state index is -3.39. The third kappa shape index (κ3) is 5.32. The molecule has 1 amide bonds. The van der Waals surface area contributed by atoms with Crippen LogP contribution in [0.1, 0.15) is 27.2 Å². The summed E-state index contributed by atoms with van der Waals surface area (Å²) in [4.78, 5) is 11.5. The fourth-order valence-corrected chi connectivity index (χ4v) is 2.65. The smallest absolute Gasteiger partial charge is 0.407 e. The second-order valence-corrected chi connectivity index (χ2v) is 7.66. The lowest BCUT2D eigenvalue weighted by Gasteiger charge is -2.33. The molecule has 0 bridgehead atoms. The third-order valence-corrected chi connectivity index (χ3v) is 3.94. The monoisotopic (exact) mass is 296 g/mol. The van der Waals surface area contributed by atoms with E-state index >= 15 is 0 Å². The minimum absolute atomic E-state index is 0.194. The molecule has 1 rings (SSSR count). The van der Waals surface area contributed by atoms with Crippen LogP contribution in [0.3, 0.4) is 0 Å². The summed E-state index contributed by atoms with van der Waals surface area (Å²) in [5.74, 6) is 0. The van der Waals surface area contributed by atoms with E-state index in [1.165, 1.54) is 0 Å². The Bertz CT molecular complexity index is 432. The maximum absolute atomic E-state index is 13.8. The number of nitrogens with one attached hydrogen (secondary N) is 1. The summed E-state index contributed by atoms with van der Waals surface area (Å²) in [6.45, 7) is 5.10. The second-order valence-electron chi connectivity index (χ2n) is 5.68.